The van der Waals surface area contributed by atoms with E-state index in [9.17, 15) is 4.79 Å². The van der Waals surface area contributed by atoms with Gasteiger partial charge in [-0.3, -0.25) is 4.79 Å². The second-order valence-electron chi connectivity index (χ2n) is 5.94. The summed E-state index contributed by atoms with van der Waals surface area (Å²) in [5, 5.41) is 0.778. The first-order valence-corrected chi connectivity index (χ1v) is 8.96. The van der Waals surface area contributed by atoms with Crippen LogP contribution >= 0.6 is 11.3 Å². The van der Waals surface area contributed by atoms with Gasteiger partial charge >= 0.3 is 0 Å². The third-order valence-electron chi connectivity index (χ3n) is 4.43. The summed E-state index contributed by atoms with van der Waals surface area (Å²) in [7, 11) is 3.21. The molecule has 2 aromatic heterocycles. The Balaban J connectivity index is 1.69. The van der Waals surface area contributed by atoms with Crippen LogP contribution in [0.4, 0.5) is 0 Å². The molecule has 2 heterocycles. The lowest BCUT2D eigenvalue weighted by molar-refractivity contribution is 0.355. The minimum Gasteiger partial charge on any atom is -0.493 e. The maximum atomic E-state index is 12.5. The number of benzene rings is 1. The molecule has 0 saturated heterocycles. The quantitative estimate of drug-likeness (QED) is 0.776. The van der Waals surface area contributed by atoms with Gasteiger partial charge in [-0.1, -0.05) is 12.1 Å². The number of fused-ring (bicyclic) bond motifs is 3. The standard InChI is InChI=1S/C19H18N2O3S/c1-23-13-8-6-11(10-14(13)24-2)7-9-16-20-18(22)17-12-4-3-5-15(12)25-19(17)21-16/h6-10H,3-5H2,1-2H3,(H,20,21,22)/b9-7+. The van der Waals surface area contributed by atoms with Gasteiger partial charge in [-0.15, -0.1) is 11.3 Å². The molecule has 0 saturated carbocycles. The molecule has 3 aromatic rings. The summed E-state index contributed by atoms with van der Waals surface area (Å²) in [5.41, 5.74) is 2.09. The number of thiophene rings is 1. The lowest BCUT2D eigenvalue weighted by atomic mass is 10.2. The molecule has 128 valence electrons. The predicted molar refractivity (Wildman–Crippen MR) is 101 cm³/mol. The number of nitrogens with zero attached hydrogens (tertiary/aromatic N) is 1. The Morgan fingerprint density at radius 3 is 2.80 bits per heavy atom. The van der Waals surface area contributed by atoms with E-state index in [0.717, 1.165) is 35.0 Å². The number of methoxy groups -OCH3 is 2. The number of rotatable bonds is 4. The predicted octanol–water partition coefficient (Wildman–Crippen LogP) is 3.66. The Labute approximate surface area is 148 Å². The highest BCUT2D eigenvalue weighted by molar-refractivity contribution is 7.18. The molecule has 0 atom stereocenters. The van der Waals surface area contributed by atoms with E-state index in [1.165, 1.54) is 10.4 Å². The minimum absolute atomic E-state index is 0.0450. The number of hydrogen-bond donors (Lipinski definition) is 1. The van der Waals surface area contributed by atoms with E-state index in [0.29, 0.717) is 17.3 Å². The first-order valence-electron chi connectivity index (χ1n) is 8.14. The van der Waals surface area contributed by atoms with Crippen molar-refractivity contribution in [2.24, 2.45) is 0 Å². The number of ether oxygens (including phenoxy) is 2. The summed E-state index contributed by atoms with van der Waals surface area (Å²) in [6.07, 6.45) is 6.89. The van der Waals surface area contributed by atoms with Crippen molar-refractivity contribution in [3.8, 4) is 11.5 Å². The summed E-state index contributed by atoms with van der Waals surface area (Å²) in [6, 6.07) is 5.65. The normalized spacial score (nSPS) is 13.5. The molecule has 0 fully saturated rings. The first-order chi connectivity index (χ1) is 12.2. The number of H-pyrrole nitrogens is 1. The highest BCUT2D eigenvalue weighted by Gasteiger charge is 2.20. The fourth-order valence-corrected chi connectivity index (χ4v) is 4.50. The van der Waals surface area contributed by atoms with Gasteiger partial charge in [0, 0.05) is 4.88 Å². The van der Waals surface area contributed by atoms with Gasteiger partial charge in [-0.2, -0.15) is 0 Å². The van der Waals surface area contributed by atoms with Crippen LogP contribution < -0.4 is 15.0 Å². The molecule has 1 N–H and O–H groups in total. The van der Waals surface area contributed by atoms with E-state index in [1.807, 2.05) is 30.4 Å². The van der Waals surface area contributed by atoms with Gasteiger partial charge in [-0.05, 0) is 48.6 Å². The van der Waals surface area contributed by atoms with Crippen molar-refractivity contribution in [3.05, 3.63) is 50.4 Å². The van der Waals surface area contributed by atoms with Crippen molar-refractivity contribution < 1.29 is 9.47 Å². The third-order valence-corrected chi connectivity index (χ3v) is 5.62. The average Bonchev–Trinajstić information content (AvgIpc) is 3.20. The molecule has 0 radical (unpaired) electrons. The zero-order valence-electron chi connectivity index (χ0n) is 14.1. The molecule has 25 heavy (non-hydrogen) atoms. The number of nitrogens with one attached hydrogen (secondary N) is 1. The number of hydrogen-bond acceptors (Lipinski definition) is 5. The zero-order valence-corrected chi connectivity index (χ0v) is 14.9. The van der Waals surface area contributed by atoms with Crippen molar-refractivity contribution >= 4 is 33.7 Å². The van der Waals surface area contributed by atoms with Crippen LogP contribution in [-0.2, 0) is 12.8 Å². The van der Waals surface area contributed by atoms with Crippen molar-refractivity contribution in [3.63, 3.8) is 0 Å². The van der Waals surface area contributed by atoms with Gasteiger partial charge in [-0.25, -0.2) is 4.98 Å². The maximum Gasteiger partial charge on any atom is 0.260 e. The van der Waals surface area contributed by atoms with Gasteiger partial charge in [0.05, 0.1) is 19.6 Å². The van der Waals surface area contributed by atoms with E-state index < -0.39 is 0 Å². The van der Waals surface area contributed by atoms with Gasteiger partial charge < -0.3 is 14.5 Å². The highest BCUT2D eigenvalue weighted by Crippen LogP contribution is 2.34. The Morgan fingerprint density at radius 2 is 2.00 bits per heavy atom. The summed E-state index contributed by atoms with van der Waals surface area (Å²) < 4.78 is 10.5. The van der Waals surface area contributed by atoms with E-state index in [1.54, 1.807) is 25.6 Å². The Kier molecular flexibility index (Phi) is 4.05. The summed E-state index contributed by atoms with van der Waals surface area (Å²) >= 11 is 1.65. The zero-order chi connectivity index (χ0) is 17.4. The molecule has 1 aliphatic rings. The fourth-order valence-electron chi connectivity index (χ4n) is 3.23. The lowest BCUT2D eigenvalue weighted by Gasteiger charge is -2.07. The Morgan fingerprint density at radius 1 is 1.16 bits per heavy atom. The van der Waals surface area contributed by atoms with E-state index >= 15 is 0 Å². The van der Waals surface area contributed by atoms with Crippen molar-refractivity contribution in [2.75, 3.05) is 14.2 Å². The molecule has 4 rings (SSSR count). The second-order valence-corrected chi connectivity index (χ2v) is 7.02. The molecule has 0 aliphatic heterocycles. The van der Waals surface area contributed by atoms with Crippen LogP contribution in [-0.4, -0.2) is 24.2 Å². The first kappa shape index (κ1) is 15.9. The second kappa shape index (κ2) is 6.37. The SMILES string of the molecule is COc1ccc(/C=C/c2nc3sc4c(c3c(=O)[nH]2)CCC4)cc1OC. The van der Waals surface area contributed by atoms with Crippen molar-refractivity contribution in [2.45, 2.75) is 19.3 Å². The molecule has 0 amide bonds. The van der Waals surface area contributed by atoms with E-state index in [4.69, 9.17) is 9.47 Å². The monoisotopic (exact) mass is 354 g/mol. The van der Waals surface area contributed by atoms with Crippen molar-refractivity contribution in [1.29, 1.82) is 0 Å². The number of aromatic amines is 1. The van der Waals surface area contributed by atoms with Crippen LogP contribution in [0, 0.1) is 0 Å². The average molecular weight is 354 g/mol. The molecule has 1 aromatic carbocycles. The molecular weight excluding hydrogens is 336 g/mol. The molecule has 0 unspecified atom stereocenters. The Bertz CT molecular complexity index is 1030. The molecule has 0 spiro atoms. The van der Waals surface area contributed by atoms with Gasteiger partial charge in [0.1, 0.15) is 10.7 Å². The van der Waals surface area contributed by atoms with Crippen LogP contribution in [0.1, 0.15) is 28.2 Å². The summed E-state index contributed by atoms with van der Waals surface area (Å²) in [5.74, 6) is 1.91. The smallest absolute Gasteiger partial charge is 0.260 e. The molecule has 6 heteroatoms. The van der Waals surface area contributed by atoms with Gasteiger partial charge in [0.2, 0.25) is 0 Å². The maximum absolute atomic E-state index is 12.5. The molecular formula is C19H18N2O3S. The summed E-state index contributed by atoms with van der Waals surface area (Å²) in [4.78, 5) is 22.1. The Hall–Kier alpha value is -2.60. The number of aromatic nitrogens is 2. The molecule has 5 nitrogen and oxygen atoms in total. The van der Waals surface area contributed by atoms with Crippen LogP contribution in [0.2, 0.25) is 0 Å². The number of aryl methyl sites for hydroxylation is 2. The topological polar surface area (TPSA) is 64.2 Å². The third kappa shape index (κ3) is 2.82. The highest BCUT2D eigenvalue weighted by atomic mass is 32.1. The van der Waals surface area contributed by atoms with Gasteiger partial charge in [0.15, 0.2) is 11.5 Å². The molecule has 0 bridgehead atoms. The van der Waals surface area contributed by atoms with Crippen LogP contribution in [0.25, 0.3) is 22.4 Å². The van der Waals surface area contributed by atoms with E-state index in [2.05, 4.69) is 9.97 Å². The van der Waals surface area contributed by atoms with E-state index in [-0.39, 0.29) is 5.56 Å². The summed E-state index contributed by atoms with van der Waals surface area (Å²) in [6.45, 7) is 0. The fraction of sp³-hybridized carbons (Fsp3) is 0.263. The van der Waals surface area contributed by atoms with Crippen LogP contribution in [0.3, 0.4) is 0 Å². The van der Waals surface area contributed by atoms with Crippen LogP contribution in [0.5, 0.6) is 11.5 Å². The lowest BCUT2D eigenvalue weighted by Crippen LogP contribution is -2.09. The largest absolute Gasteiger partial charge is 0.493 e. The van der Waals surface area contributed by atoms with Crippen molar-refractivity contribution in [1.82, 2.24) is 9.97 Å². The van der Waals surface area contributed by atoms with Crippen LogP contribution in [0.15, 0.2) is 23.0 Å². The minimum atomic E-state index is -0.0450. The van der Waals surface area contributed by atoms with Gasteiger partial charge in [0.25, 0.3) is 5.56 Å². The molecule has 1 aliphatic carbocycles.